The van der Waals surface area contributed by atoms with Gasteiger partial charge in [-0.05, 0) is 60.7 Å². The Labute approximate surface area is 206 Å². The quantitative estimate of drug-likeness (QED) is 0.520. The van der Waals surface area contributed by atoms with Gasteiger partial charge in [0.25, 0.3) is 5.91 Å². The van der Waals surface area contributed by atoms with Crippen LogP contribution in [0.5, 0.6) is 11.5 Å². The number of rotatable bonds is 5. The van der Waals surface area contributed by atoms with Crippen molar-refractivity contribution >= 4 is 22.6 Å². The van der Waals surface area contributed by atoms with Crippen molar-refractivity contribution in [1.29, 1.82) is 0 Å². The van der Waals surface area contributed by atoms with Crippen molar-refractivity contribution in [3.05, 3.63) is 71.8 Å². The Balaban J connectivity index is 1.36. The summed E-state index contributed by atoms with van der Waals surface area (Å²) in [6.07, 6.45) is 3.47. The van der Waals surface area contributed by atoms with Crippen molar-refractivity contribution < 1.29 is 19.1 Å². The summed E-state index contributed by atoms with van der Waals surface area (Å²) in [5.41, 5.74) is 1.69. The Hall–Kier alpha value is -3.54. The molecule has 6 nitrogen and oxygen atoms in total. The van der Waals surface area contributed by atoms with Crippen LogP contribution in [0.15, 0.2) is 60.7 Å². The van der Waals surface area contributed by atoms with E-state index in [2.05, 4.69) is 0 Å². The molecule has 2 aliphatic rings. The van der Waals surface area contributed by atoms with Gasteiger partial charge in [0, 0.05) is 30.8 Å². The van der Waals surface area contributed by atoms with E-state index in [-0.39, 0.29) is 23.8 Å². The molecule has 2 unspecified atom stereocenters. The number of amides is 2. The molecule has 0 spiro atoms. The minimum atomic E-state index is -0.195. The van der Waals surface area contributed by atoms with Gasteiger partial charge in [-0.3, -0.25) is 9.59 Å². The lowest BCUT2D eigenvalue weighted by atomic mass is 9.94. The third-order valence-electron chi connectivity index (χ3n) is 7.41. The zero-order chi connectivity index (χ0) is 24.4. The molecule has 2 aliphatic heterocycles. The van der Waals surface area contributed by atoms with Crippen molar-refractivity contribution in [2.75, 3.05) is 33.9 Å². The van der Waals surface area contributed by atoms with Crippen LogP contribution in [0, 0.1) is 5.92 Å². The van der Waals surface area contributed by atoms with Gasteiger partial charge in [-0.25, -0.2) is 0 Å². The van der Waals surface area contributed by atoms with E-state index in [9.17, 15) is 9.59 Å². The first-order valence-corrected chi connectivity index (χ1v) is 12.4. The Kier molecular flexibility index (Phi) is 6.62. The van der Waals surface area contributed by atoms with Gasteiger partial charge in [-0.15, -0.1) is 0 Å². The Morgan fingerprint density at radius 1 is 0.886 bits per heavy atom. The number of hydrogen-bond acceptors (Lipinski definition) is 4. The monoisotopic (exact) mass is 472 g/mol. The van der Waals surface area contributed by atoms with Gasteiger partial charge in [0.1, 0.15) is 11.5 Å². The second-order valence-corrected chi connectivity index (χ2v) is 9.41. The summed E-state index contributed by atoms with van der Waals surface area (Å²) in [6, 6.07) is 19.5. The molecule has 2 atom stereocenters. The maximum absolute atomic E-state index is 13.8. The van der Waals surface area contributed by atoms with Crippen LogP contribution in [0.4, 0.5) is 0 Å². The van der Waals surface area contributed by atoms with Crippen LogP contribution in [0.2, 0.25) is 0 Å². The number of carbonyl (C=O) groups is 2. The van der Waals surface area contributed by atoms with E-state index in [1.165, 1.54) is 0 Å². The highest BCUT2D eigenvalue weighted by atomic mass is 16.5. The molecule has 3 aromatic rings. The van der Waals surface area contributed by atoms with E-state index in [1.807, 2.05) is 70.5 Å². The second kappa shape index (κ2) is 9.98. The van der Waals surface area contributed by atoms with Crippen molar-refractivity contribution in [3.8, 4) is 11.5 Å². The molecule has 6 heteroatoms. The lowest BCUT2D eigenvalue weighted by Gasteiger charge is -2.36. The van der Waals surface area contributed by atoms with Crippen LogP contribution < -0.4 is 9.47 Å². The molecule has 3 aromatic carbocycles. The topological polar surface area (TPSA) is 59.1 Å². The summed E-state index contributed by atoms with van der Waals surface area (Å²) in [4.78, 5) is 31.1. The van der Waals surface area contributed by atoms with Crippen LogP contribution in [0.3, 0.4) is 0 Å². The zero-order valence-electron chi connectivity index (χ0n) is 20.4. The van der Waals surface area contributed by atoms with Crippen molar-refractivity contribution in [1.82, 2.24) is 9.80 Å². The smallest absolute Gasteiger partial charge is 0.254 e. The van der Waals surface area contributed by atoms with Crippen molar-refractivity contribution in [2.45, 2.75) is 31.7 Å². The van der Waals surface area contributed by atoms with Gasteiger partial charge in [-0.1, -0.05) is 36.4 Å². The van der Waals surface area contributed by atoms with Crippen LogP contribution >= 0.6 is 0 Å². The first kappa shape index (κ1) is 23.2. The molecule has 0 saturated carbocycles. The molecule has 0 N–H and O–H groups in total. The van der Waals surface area contributed by atoms with Gasteiger partial charge in [0.05, 0.1) is 26.2 Å². The fourth-order valence-corrected chi connectivity index (χ4v) is 5.63. The largest absolute Gasteiger partial charge is 0.497 e. The minimum absolute atomic E-state index is 0.00624. The van der Waals surface area contributed by atoms with E-state index in [4.69, 9.17) is 9.47 Å². The van der Waals surface area contributed by atoms with Gasteiger partial charge < -0.3 is 19.3 Å². The molecular formula is C29H32N2O4. The highest BCUT2D eigenvalue weighted by Gasteiger charge is 2.38. The second-order valence-electron chi connectivity index (χ2n) is 9.41. The van der Waals surface area contributed by atoms with Gasteiger partial charge >= 0.3 is 0 Å². The van der Waals surface area contributed by atoms with E-state index >= 15 is 0 Å². The predicted molar refractivity (Wildman–Crippen MR) is 136 cm³/mol. The van der Waals surface area contributed by atoms with Crippen LogP contribution in [-0.2, 0) is 4.79 Å². The van der Waals surface area contributed by atoms with E-state index < -0.39 is 0 Å². The maximum Gasteiger partial charge on any atom is 0.254 e. The zero-order valence-corrected chi connectivity index (χ0v) is 20.4. The lowest BCUT2D eigenvalue weighted by Crippen LogP contribution is -2.46. The van der Waals surface area contributed by atoms with Gasteiger partial charge in [0.15, 0.2) is 0 Å². The number of methoxy groups -OCH3 is 2. The molecule has 0 radical (unpaired) electrons. The molecule has 2 fully saturated rings. The third-order valence-corrected chi connectivity index (χ3v) is 7.41. The lowest BCUT2D eigenvalue weighted by molar-refractivity contribution is -0.138. The number of benzene rings is 3. The van der Waals surface area contributed by atoms with E-state index in [1.54, 1.807) is 14.2 Å². The average Bonchev–Trinajstić information content (AvgIpc) is 3.41. The number of ether oxygens (including phenoxy) is 2. The summed E-state index contributed by atoms with van der Waals surface area (Å²) < 4.78 is 11.1. The molecule has 0 bridgehead atoms. The Bertz CT molecular complexity index is 1240. The maximum atomic E-state index is 13.8. The number of piperidine rings is 1. The summed E-state index contributed by atoms with van der Waals surface area (Å²) in [5.74, 6) is 1.47. The van der Waals surface area contributed by atoms with E-state index in [0.717, 1.165) is 60.1 Å². The number of fused-ring (bicyclic) bond motifs is 1. The third kappa shape index (κ3) is 4.45. The van der Waals surface area contributed by atoms with Crippen LogP contribution in [0.25, 0.3) is 10.8 Å². The number of hydrogen-bond donors (Lipinski definition) is 0. The van der Waals surface area contributed by atoms with Gasteiger partial charge in [0.2, 0.25) is 5.91 Å². The molecular weight excluding hydrogens is 440 g/mol. The number of likely N-dealkylation sites (tertiary alicyclic amines) is 2. The van der Waals surface area contributed by atoms with Crippen LogP contribution in [0.1, 0.15) is 47.6 Å². The molecule has 182 valence electrons. The summed E-state index contributed by atoms with van der Waals surface area (Å²) in [7, 11) is 3.30. The molecule has 0 aromatic heterocycles. The van der Waals surface area contributed by atoms with Crippen molar-refractivity contribution in [2.24, 2.45) is 5.92 Å². The number of nitrogens with zero attached hydrogens (tertiary/aromatic N) is 2. The normalized spacial score (nSPS) is 20.2. The molecule has 35 heavy (non-hydrogen) atoms. The molecule has 2 heterocycles. The van der Waals surface area contributed by atoms with Crippen LogP contribution in [-0.4, -0.2) is 55.5 Å². The highest BCUT2D eigenvalue weighted by molar-refractivity contribution is 6.07. The fraction of sp³-hybridized carbons (Fsp3) is 0.379. The number of carbonyl (C=O) groups excluding carboxylic acids is 2. The van der Waals surface area contributed by atoms with Crippen molar-refractivity contribution in [3.63, 3.8) is 0 Å². The van der Waals surface area contributed by atoms with Gasteiger partial charge in [-0.2, -0.15) is 0 Å². The summed E-state index contributed by atoms with van der Waals surface area (Å²) in [5, 5.41) is 2.01. The summed E-state index contributed by atoms with van der Waals surface area (Å²) >= 11 is 0. The fourth-order valence-electron chi connectivity index (χ4n) is 5.63. The molecule has 5 rings (SSSR count). The Morgan fingerprint density at radius 2 is 1.69 bits per heavy atom. The molecule has 2 amide bonds. The standard InChI is InChI=1S/C29H32N2O4/c1-34-22-14-15-27(35-2)25(18-22)26-13-7-17-31(26)28(32)21-10-6-16-30(19-21)29(33)24-12-5-9-20-8-3-4-11-23(20)24/h3-5,8-9,11-12,14-15,18,21,26H,6-7,10,13,16-17,19H2,1-2H3. The molecule has 2 saturated heterocycles. The SMILES string of the molecule is COc1ccc(OC)c(C2CCCN2C(=O)C2CCCN(C(=O)c3cccc4ccccc34)C2)c1. The van der Waals surface area contributed by atoms with E-state index in [0.29, 0.717) is 18.7 Å². The first-order valence-electron chi connectivity index (χ1n) is 12.4. The minimum Gasteiger partial charge on any atom is -0.497 e. The average molecular weight is 473 g/mol. The molecule has 0 aliphatic carbocycles. The highest BCUT2D eigenvalue weighted by Crippen LogP contribution is 2.40. The predicted octanol–water partition coefficient (Wildman–Crippen LogP) is 5.07. The summed E-state index contributed by atoms with van der Waals surface area (Å²) in [6.45, 7) is 1.86. The first-order chi connectivity index (χ1) is 17.1. The Morgan fingerprint density at radius 3 is 2.51 bits per heavy atom.